The number of hydrogen-bond acceptors (Lipinski definition) is 3. The van der Waals surface area contributed by atoms with Crippen molar-refractivity contribution in [3.8, 4) is 0 Å². The zero-order valence-corrected chi connectivity index (χ0v) is 10.9. The highest BCUT2D eigenvalue weighted by atomic mass is 35.5. The highest BCUT2D eigenvalue weighted by Gasteiger charge is 2.32. The van der Waals surface area contributed by atoms with Gasteiger partial charge >= 0.3 is 0 Å². The smallest absolute Gasteiger partial charge is 0.181 e. The van der Waals surface area contributed by atoms with Gasteiger partial charge in [0.05, 0.1) is 16.2 Å². The predicted molar refractivity (Wildman–Crippen MR) is 66.9 cm³/mol. The number of benzene rings is 1. The number of sulfone groups is 1. The number of halogens is 1. The fourth-order valence-corrected chi connectivity index (χ4v) is 4.20. The van der Waals surface area contributed by atoms with Crippen LogP contribution < -0.4 is 0 Å². The molecule has 2 rings (SSSR count). The average molecular weight is 275 g/mol. The molecule has 94 valence electrons. The molecular formula is C12H15ClO3S. The Morgan fingerprint density at radius 1 is 1.18 bits per heavy atom. The second-order valence-electron chi connectivity index (χ2n) is 4.44. The summed E-state index contributed by atoms with van der Waals surface area (Å²) in [7, 11) is -3.33. The van der Waals surface area contributed by atoms with Crippen molar-refractivity contribution in [2.75, 3.05) is 0 Å². The Balaban J connectivity index is 2.26. The van der Waals surface area contributed by atoms with Crippen molar-refractivity contribution in [2.45, 2.75) is 41.9 Å². The zero-order chi connectivity index (χ0) is 12.5. The van der Waals surface area contributed by atoms with Crippen LogP contribution in [-0.2, 0) is 9.84 Å². The molecule has 0 bridgehead atoms. The number of rotatable bonds is 2. The predicted octanol–water partition coefficient (Wildman–Crippen LogP) is 2.42. The first-order valence-electron chi connectivity index (χ1n) is 5.67. The molecule has 1 fully saturated rings. The lowest BCUT2D eigenvalue weighted by molar-refractivity contribution is 0.131. The van der Waals surface area contributed by atoms with Crippen molar-refractivity contribution in [1.82, 2.24) is 0 Å². The molecule has 17 heavy (non-hydrogen) atoms. The molecule has 5 heteroatoms. The monoisotopic (exact) mass is 274 g/mol. The van der Waals surface area contributed by atoms with Gasteiger partial charge < -0.3 is 5.11 Å². The van der Waals surface area contributed by atoms with Crippen molar-refractivity contribution in [2.24, 2.45) is 0 Å². The lowest BCUT2D eigenvalue weighted by atomic mass is 9.97. The van der Waals surface area contributed by atoms with Gasteiger partial charge in [-0.2, -0.15) is 0 Å². The highest BCUT2D eigenvalue weighted by molar-refractivity contribution is 7.92. The van der Waals surface area contributed by atoms with Crippen molar-refractivity contribution in [3.63, 3.8) is 0 Å². The lowest BCUT2D eigenvalue weighted by Crippen LogP contribution is -2.30. The molecule has 3 nitrogen and oxygen atoms in total. The summed E-state index contributed by atoms with van der Waals surface area (Å²) in [6.07, 6.45) is 1.94. The van der Waals surface area contributed by atoms with E-state index in [4.69, 9.17) is 11.6 Å². The van der Waals surface area contributed by atoms with E-state index in [1.54, 1.807) is 12.1 Å². The fraction of sp³-hybridized carbons (Fsp3) is 0.500. The Bertz CT molecular complexity index is 481. The molecule has 1 N–H and O–H groups in total. The van der Waals surface area contributed by atoms with Crippen LogP contribution in [0.2, 0.25) is 5.02 Å². The molecule has 2 unspecified atom stereocenters. The van der Waals surface area contributed by atoms with Crippen molar-refractivity contribution in [3.05, 3.63) is 29.3 Å². The number of hydrogen-bond donors (Lipinski definition) is 1. The summed E-state index contributed by atoms with van der Waals surface area (Å²) in [6.45, 7) is 0. The second-order valence-corrected chi connectivity index (χ2v) is 7.11. The largest absolute Gasteiger partial charge is 0.393 e. The summed E-state index contributed by atoms with van der Waals surface area (Å²) in [5.74, 6) is 0. The van der Waals surface area contributed by atoms with Crippen molar-refractivity contribution in [1.29, 1.82) is 0 Å². The van der Waals surface area contributed by atoms with Gasteiger partial charge in [0.15, 0.2) is 9.84 Å². The summed E-state index contributed by atoms with van der Waals surface area (Å²) in [5, 5.41) is 9.60. The molecule has 1 aromatic carbocycles. The van der Waals surface area contributed by atoms with E-state index in [2.05, 4.69) is 0 Å². The fourth-order valence-electron chi connectivity index (χ4n) is 2.22. The molecule has 0 spiro atoms. The van der Waals surface area contributed by atoms with E-state index in [0.29, 0.717) is 29.2 Å². The van der Waals surface area contributed by atoms with E-state index in [0.717, 1.165) is 6.42 Å². The van der Waals surface area contributed by atoms with Gasteiger partial charge in [0.25, 0.3) is 0 Å². The maximum atomic E-state index is 12.3. The molecule has 1 aliphatic rings. The first kappa shape index (κ1) is 12.9. The van der Waals surface area contributed by atoms with Gasteiger partial charge in [-0.3, -0.25) is 0 Å². The van der Waals surface area contributed by atoms with Crippen LogP contribution in [0, 0.1) is 0 Å². The van der Waals surface area contributed by atoms with Crippen molar-refractivity contribution >= 4 is 21.4 Å². The molecule has 0 heterocycles. The van der Waals surface area contributed by atoms with Crippen LogP contribution in [0.4, 0.5) is 0 Å². The van der Waals surface area contributed by atoms with Crippen LogP contribution in [0.5, 0.6) is 0 Å². The molecule has 1 saturated carbocycles. The quantitative estimate of drug-likeness (QED) is 0.901. The van der Waals surface area contributed by atoms with Gasteiger partial charge in [-0.25, -0.2) is 8.42 Å². The molecule has 2 atom stereocenters. The third-order valence-electron chi connectivity index (χ3n) is 3.18. The van der Waals surface area contributed by atoms with Gasteiger partial charge in [0.2, 0.25) is 0 Å². The number of aliphatic hydroxyl groups is 1. The molecule has 0 radical (unpaired) electrons. The van der Waals surface area contributed by atoms with Crippen LogP contribution in [0.3, 0.4) is 0 Å². The van der Waals surface area contributed by atoms with Gasteiger partial charge in [0.1, 0.15) is 0 Å². The molecule has 0 saturated heterocycles. The van der Waals surface area contributed by atoms with Gasteiger partial charge in [-0.15, -0.1) is 0 Å². The Morgan fingerprint density at radius 2 is 1.82 bits per heavy atom. The van der Waals surface area contributed by atoms with Crippen LogP contribution >= 0.6 is 11.6 Å². The Labute approximate surface area is 106 Å². The topological polar surface area (TPSA) is 54.4 Å². The molecule has 0 aromatic heterocycles. The van der Waals surface area contributed by atoms with E-state index in [-0.39, 0.29) is 0 Å². The summed E-state index contributed by atoms with van der Waals surface area (Å²) >= 11 is 5.74. The summed E-state index contributed by atoms with van der Waals surface area (Å²) < 4.78 is 24.6. The molecular weight excluding hydrogens is 260 g/mol. The molecule has 0 amide bonds. The van der Waals surface area contributed by atoms with Gasteiger partial charge in [-0.1, -0.05) is 11.6 Å². The zero-order valence-electron chi connectivity index (χ0n) is 9.34. The standard InChI is InChI=1S/C12H15ClO3S/c13-9-4-6-11(7-5-9)17(15,16)12-3-1-2-10(14)8-12/h4-7,10,12,14H,1-3,8H2. The van der Waals surface area contributed by atoms with Crippen LogP contribution in [0.25, 0.3) is 0 Å². The first-order chi connectivity index (χ1) is 8.00. The van der Waals surface area contributed by atoms with Gasteiger partial charge in [-0.05, 0) is 49.9 Å². The average Bonchev–Trinajstić information content (AvgIpc) is 2.29. The van der Waals surface area contributed by atoms with E-state index in [1.165, 1.54) is 12.1 Å². The minimum Gasteiger partial charge on any atom is -0.393 e. The van der Waals surface area contributed by atoms with Gasteiger partial charge in [0, 0.05) is 5.02 Å². The lowest BCUT2D eigenvalue weighted by Gasteiger charge is -2.25. The van der Waals surface area contributed by atoms with Crippen molar-refractivity contribution < 1.29 is 13.5 Å². The molecule has 0 aliphatic heterocycles. The summed E-state index contributed by atoms with van der Waals surface area (Å²) in [4.78, 5) is 0.293. The minimum absolute atomic E-state index is 0.293. The van der Waals surface area contributed by atoms with Crippen LogP contribution in [0.15, 0.2) is 29.2 Å². The van der Waals surface area contributed by atoms with E-state index in [1.807, 2.05) is 0 Å². The first-order valence-corrected chi connectivity index (χ1v) is 7.60. The second kappa shape index (κ2) is 4.96. The normalized spacial score (nSPS) is 25.8. The maximum Gasteiger partial charge on any atom is 0.181 e. The Kier molecular flexibility index (Phi) is 3.76. The highest BCUT2D eigenvalue weighted by Crippen LogP contribution is 2.29. The van der Waals surface area contributed by atoms with E-state index >= 15 is 0 Å². The van der Waals surface area contributed by atoms with E-state index in [9.17, 15) is 13.5 Å². The molecule has 1 aliphatic carbocycles. The third kappa shape index (κ3) is 2.81. The maximum absolute atomic E-state index is 12.3. The Morgan fingerprint density at radius 3 is 2.41 bits per heavy atom. The summed E-state index contributed by atoms with van der Waals surface area (Å²) in [5.41, 5.74) is 0. The van der Waals surface area contributed by atoms with Crippen LogP contribution in [-0.4, -0.2) is 24.9 Å². The van der Waals surface area contributed by atoms with Crippen LogP contribution in [0.1, 0.15) is 25.7 Å². The SMILES string of the molecule is O=S(=O)(c1ccc(Cl)cc1)C1CCCC(O)C1. The number of aliphatic hydroxyl groups excluding tert-OH is 1. The third-order valence-corrected chi connectivity index (χ3v) is 5.67. The minimum atomic E-state index is -3.33. The van der Waals surface area contributed by atoms with E-state index < -0.39 is 21.2 Å². The summed E-state index contributed by atoms with van der Waals surface area (Å²) in [6, 6.07) is 6.21. The Hall–Kier alpha value is -0.580. The molecule has 1 aromatic rings.